The van der Waals surface area contributed by atoms with Crippen LogP contribution < -0.4 is 0 Å². The summed E-state index contributed by atoms with van der Waals surface area (Å²) in [7, 11) is -1.70. The summed E-state index contributed by atoms with van der Waals surface area (Å²) in [5.74, 6) is 16.9. The Morgan fingerprint density at radius 3 is 2.19 bits per heavy atom. The molecule has 0 aliphatic heterocycles. The molecule has 0 atom stereocenters. The lowest BCUT2D eigenvalue weighted by molar-refractivity contribution is 0.334. The van der Waals surface area contributed by atoms with Crippen molar-refractivity contribution < 1.29 is 4.43 Å². The third-order valence-electron chi connectivity index (χ3n) is 3.57. The molecule has 0 aliphatic rings. The second-order valence-electron chi connectivity index (χ2n) is 6.22. The fourth-order valence-corrected chi connectivity index (χ4v) is 2.07. The van der Waals surface area contributed by atoms with Gasteiger partial charge in [-0.05, 0) is 53.9 Å². The van der Waals surface area contributed by atoms with Gasteiger partial charge in [0.05, 0.1) is 6.61 Å². The molecule has 0 unspecified atom stereocenters. The molecule has 108 valence electrons. The minimum Gasteiger partial charge on any atom is -0.406 e. The van der Waals surface area contributed by atoms with Gasteiger partial charge in [-0.2, -0.15) is 0 Å². The summed E-state index contributed by atoms with van der Waals surface area (Å²) in [6.07, 6.45) is 0. The van der Waals surface area contributed by atoms with Crippen molar-refractivity contribution in [3.8, 4) is 35.5 Å². The van der Waals surface area contributed by atoms with Gasteiger partial charge in [-0.15, -0.1) is 0 Å². The Kier molecular flexibility index (Phi) is 6.32. The molecule has 1 aromatic rings. The highest BCUT2D eigenvalue weighted by molar-refractivity contribution is 6.74. The first-order valence-electron chi connectivity index (χ1n) is 7.01. The van der Waals surface area contributed by atoms with Crippen LogP contribution in [0.25, 0.3) is 0 Å². The first kappa shape index (κ1) is 17.1. The smallest absolute Gasteiger partial charge is 0.193 e. The van der Waals surface area contributed by atoms with Gasteiger partial charge in [0.2, 0.25) is 0 Å². The lowest BCUT2D eigenvalue weighted by atomic mass is 10.2. The van der Waals surface area contributed by atoms with Gasteiger partial charge in [-0.25, -0.2) is 0 Å². The number of benzene rings is 1. The fourth-order valence-electron chi connectivity index (χ4n) is 1.20. The summed E-state index contributed by atoms with van der Waals surface area (Å²) in [5.41, 5.74) is 0.959. The van der Waals surface area contributed by atoms with Gasteiger partial charge in [-0.1, -0.05) is 50.8 Å². The topological polar surface area (TPSA) is 9.23 Å². The van der Waals surface area contributed by atoms with Gasteiger partial charge in [0, 0.05) is 5.56 Å². The Hall–Kier alpha value is -1.92. The lowest BCUT2D eigenvalue weighted by Crippen LogP contribution is -2.40. The van der Waals surface area contributed by atoms with E-state index in [-0.39, 0.29) is 5.04 Å². The maximum Gasteiger partial charge on any atom is 0.193 e. The van der Waals surface area contributed by atoms with Gasteiger partial charge in [0.15, 0.2) is 8.32 Å². The van der Waals surface area contributed by atoms with Gasteiger partial charge in [0.25, 0.3) is 0 Å². The highest BCUT2D eigenvalue weighted by Gasteiger charge is 2.36. The summed E-state index contributed by atoms with van der Waals surface area (Å²) >= 11 is 0. The Morgan fingerprint density at radius 1 is 0.952 bits per heavy atom. The van der Waals surface area contributed by atoms with Crippen LogP contribution in [0.15, 0.2) is 30.3 Å². The summed E-state index contributed by atoms with van der Waals surface area (Å²) in [5, 5.41) is 0.210. The van der Waals surface area contributed by atoms with Crippen molar-refractivity contribution in [2.75, 3.05) is 6.61 Å². The van der Waals surface area contributed by atoms with Crippen LogP contribution in [0.2, 0.25) is 18.1 Å². The predicted octanol–water partition coefficient (Wildman–Crippen LogP) is 4.07. The van der Waals surface area contributed by atoms with Crippen LogP contribution in [-0.2, 0) is 4.43 Å². The van der Waals surface area contributed by atoms with E-state index >= 15 is 0 Å². The second-order valence-corrected chi connectivity index (χ2v) is 11.0. The predicted molar refractivity (Wildman–Crippen MR) is 92.0 cm³/mol. The normalized spacial score (nSPS) is 10.3. The zero-order valence-corrected chi connectivity index (χ0v) is 14.5. The summed E-state index contributed by atoms with van der Waals surface area (Å²) in [4.78, 5) is 0. The quantitative estimate of drug-likeness (QED) is 0.590. The van der Waals surface area contributed by atoms with E-state index in [4.69, 9.17) is 4.43 Å². The van der Waals surface area contributed by atoms with E-state index in [1.807, 2.05) is 30.3 Å². The highest BCUT2D eigenvalue weighted by Crippen LogP contribution is 2.36. The van der Waals surface area contributed by atoms with Crippen molar-refractivity contribution in [2.24, 2.45) is 0 Å². The molecule has 2 heteroatoms. The van der Waals surface area contributed by atoms with Gasteiger partial charge >= 0.3 is 0 Å². The Bertz CT molecular complexity index is 632. The molecule has 1 nitrogen and oxygen atoms in total. The zero-order chi connectivity index (χ0) is 15.8. The van der Waals surface area contributed by atoms with Crippen molar-refractivity contribution in [1.29, 1.82) is 0 Å². The lowest BCUT2D eigenvalue weighted by Gasteiger charge is -2.35. The molecule has 0 saturated heterocycles. The first-order chi connectivity index (χ1) is 9.83. The van der Waals surface area contributed by atoms with Crippen molar-refractivity contribution in [3.05, 3.63) is 35.9 Å². The number of hydrogen-bond donors (Lipinski definition) is 0. The van der Waals surface area contributed by atoms with E-state index in [1.165, 1.54) is 0 Å². The van der Waals surface area contributed by atoms with E-state index in [9.17, 15) is 0 Å². The van der Waals surface area contributed by atoms with E-state index in [0.717, 1.165) is 5.56 Å². The summed E-state index contributed by atoms with van der Waals surface area (Å²) < 4.78 is 5.93. The molecule has 0 amide bonds. The second kappa shape index (κ2) is 7.75. The molecular weight excluding hydrogens is 272 g/mol. The van der Waals surface area contributed by atoms with Crippen molar-refractivity contribution >= 4 is 8.32 Å². The largest absolute Gasteiger partial charge is 0.406 e. The van der Waals surface area contributed by atoms with Crippen LogP contribution in [0.4, 0.5) is 0 Å². The third kappa shape index (κ3) is 6.37. The van der Waals surface area contributed by atoms with Crippen molar-refractivity contribution in [3.63, 3.8) is 0 Å². The minimum absolute atomic E-state index is 0.210. The molecule has 0 radical (unpaired) electrons. The Balaban J connectivity index is 2.46. The summed E-state index contributed by atoms with van der Waals surface area (Å²) in [6, 6.07) is 9.77. The average molecular weight is 294 g/mol. The molecule has 0 heterocycles. The van der Waals surface area contributed by atoms with Gasteiger partial charge in [-0.3, -0.25) is 0 Å². The molecule has 1 rings (SSSR count). The molecule has 0 aromatic heterocycles. The fraction of sp³-hybridized carbons (Fsp3) is 0.368. The van der Waals surface area contributed by atoms with E-state index < -0.39 is 8.32 Å². The van der Waals surface area contributed by atoms with E-state index in [2.05, 4.69) is 69.4 Å². The number of hydrogen-bond acceptors (Lipinski definition) is 1. The van der Waals surface area contributed by atoms with Gasteiger partial charge in [0.1, 0.15) is 0 Å². The standard InChI is InChI=1S/C19H22OSi/c1-19(2,3)21(4,5)20-17-13-8-6-7-10-14-18-15-11-9-12-16-18/h9,11-12,15-16H,17H2,1-5H3. The van der Waals surface area contributed by atoms with Crippen LogP contribution in [0, 0.1) is 35.5 Å². The van der Waals surface area contributed by atoms with Crippen LogP contribution in [0.1, 0.15) is 26.3 Å². The molecule has 1 aromatic carbocycles. The van der Waals surface area contributed by atoms with Gasteiger partial charge < -0.3 is 4.43 Å². The van der Waals surface area contributed by atoms with E-state index in [1.54, 1.807) is 0 Å². The molecule has 0 bridgehead atoms. The summed E-state index contributed by atoms with van der Waals surface area (Å²) in [6.45, 7) is 11.5. The molecule has 21 heavy (non-hydrogen) atoms. The Labute approximate surface area is 130 Å². The van der Waals surface area contributed by atoms with E-state index in [0.29, 0.717) is 6.61 Å². The minimum atomic E-state index is -1.70. The monoisotopic (exact) mass is 294 g/mol. The Morgan fingerprint density at radius 2 is 1.57 bits per heavy atom. The SMILES string of the molecule is CC(C)(C)[Si](C)(C)OCC#CC#CC#Cc1ccccc1. The molecule has 0 aliphatic carbocycles. The first-order valence-corrected chi connectivity index (χ1v) is 9.92. The van der Waals surface area contributed by atoms with Crippen LogP contribution >= 0.6 is 0 Å². The molecule has 0 N–H and O–H groups in total. The third-order valence-corrected chi connectivity index (χ3v) is 8.05. The molecule has 0 spiro atoms. The van der Waals surface area contributed by atoms with Crippen LogP contribution in [-0.4, -0.2) is 14.9 Å². The van der Waals surface area contributed by atoms with Crippen LogP contribution in [0.3, 0.4) is 0 Å². The average Bonchev–Trinajstić information content (AvgIpc) is 2.41. The van der Waals surface area contributed by atoms with Crippen molar-refractivity contribution in [2.45, 2.75) is 38.9 Å². The van der Waals surface area contributed by atoms with Crippen LogP contribution in [0.5, 0.6) is 0 Å². The highest BCUT2D eigenvalue weighted by atomic mass is 28.4. The molecule has 0 fully saturated rings. The molecular formula is C19H22OSi. The zero-order valence-electron chi connectivity index (χ0n) is 13.5. The van der Waals surface area contributed by atoms with Crippen molar-refractivity contribution in [1.82, 2.24) is 0 Å². The maximum absolute atomic E-state index is 5.93. The number of rotatable bonds is 2. The molecule has 0 saturated carbocycles. The maximum atomic E-state index is 5.93.